The molecule has 82 valence electrons. The minimum atomic E-state index is 0.340. The van der Waals surface area contributed by atoms with E-state index in [1.54, 1.807) is 0 Å². The predicted octanol–water partition coefficient (Wildman–Crippen LogP) is 4.47. The van der Waals surface area contributed by atoms with Crippen LogP contribution in [0.15, 0.2) is 28.1 Å². The molecule has 1 aromatic rings. The van der Waals surface area contributed by atoms with E-state index in [0.29, 0.717) is 5.41 Å². The van der Waals surface area contributed by atoms with Gasteiger partial charge >= 0.3 is 0 Å². The molecule has 1 nitrogen and oxygen atoms in total. The van der Waals surface area contributed by atoms with Gasteiger partial charge in [-0.1, -0.05) is 32.9 Å². The molecule has 0 radical (unpaired) electrons. The third kappa shape index (κ3) is 3.71. The number of hydrogen-bond donors (Lipinski definition) is 0. The summed E-state index contributed by atoms with van der Waals surface area (Å²) in [5, 5.41) is 0. The Hall–Kier alpha value is -0.760. The lowest BCUT2D eigenvalue weighted by Gasteiger charge is -2.18. The highest BCUT2D eigenvalue weighted by atomic mass is 32.2. The third-order valence-corrected chi connectivity index (χ3v) is 3.67. The lowest BCUT2D eigenvalue weighted by Crippen LogP contribution is -2.07. The van der Waals surface area contributed by atoms with Gasteiger partial charge in [0.05, 0.1) is 5.69 Å². The van der Waals surface area contributed by atoms with E-state index in [9.17, 15) is 0 Å². The second-order valence-corrected chi connectivity index (χ2v) is 5.95. The Morgan fingerprint density at radius 3 is 2.53 bits per heavy atom. The highest BCUT2D eigenvalue weighted by Crippen LogP contribution is 2.35. The van der Waals surface area contributed by atoms with Crippen LogP contribution in [0.5, 0.6) is 0 Å². The highest BCUT2D eigenvalue weighted by molar-refractivity contribution is 7.99. The monoisotopic (exact) mass is 221 g/mol. The summed E-state index contributed by atoms with van der Waals surface area (Å²) >= 11 is 1.86. The van der Waals surface area contributed by atoms with Gasteiger partial charge in [0.15, 0.2) is 0 Å². The van der Waals surface area contributed by atoms with Gasteiger partial charge in [0.1, 0.15) is 0 Å². The zero-order chi connectivity index (χ0) is 11.5. The molecule has 0 heterocycles. The molecule has 1 rings (SSSR count). The molecule has 0 aliphatic rings. The van der Waals surface area contributed by atoms with Gasteiger partial charge < -0.3 is 0 Å². The standard InChI is InChI=1S/C13H19NS/c1-10-7-6-8-11(12(10)14-5)15-9-13(2,3)4/h6-8H,5,9H2,1-4H3. The van der Waals surface area contributed by atoms with Crippen LogP contribution in [0.3, 0.4) is 0 Å². The molecule has 0 spiro atoms. The molecule has 1 aromatic carbocycles. The van der Waals surface area contributed by atoms with Gasteiger partial charge in [0.2, 0.25) is 0 Å². The van der Waals surface area contributed by atoms with Crippen LogP contribution in [0.4, 0.5) is 5.69 Å². The molecule has 0 fully saturated rings. The van der Waals surface area contributed by atoms with Crippen LogP contribution >= 0.6 is 11.8 Å². The normalized spacial score (nSPS) is 11.5. The topological polar surface area (TPSA) is 12.4 Å². The average molecular weight is 221 g/mol. The maximum absolute atomic E-state index is 4.10. The van der Waals surface area contributed by atoms with Crippen LogP contribution in [0.1, 0.15) is 26.3 Å². The summed E-state index contributed by atoms with van der Waals surface area (Å²) < 4.78 is 0. The Morgan fingerprint density at radius 2 is 2.00 bits per heavy atom. The van der Waals surface area contributed by atoms with E-state index in [1.165, 1.54) is 10.5 Å². The van der Waals surface area contributed by atoms with Gasteiger partial charge in [-0.2, -0.15) is 0 Å². The van der Waals surface area contributed by atoms with Crippen molar-refractivity contribution in [3.05, 3.63) is 23.8 Å². The Balaban J connectivity index is 2.85. The van der Waals surface area contributed by atoms with E-state index < -0.39 is 0 Å². The van der Waals surface area contributed by atoms with E-state index in [1.807, 2.05) is 11.8 Å². The Kier molecular flexibility index (Phi) is 3.97. The van der Waals surface area contributed by atoms with Crippen LogP contribution < -0.4 is 0 Å². The van der Waals surface area contributed by atoms with Crippen molar-refractivity contribution >= 4 is 24.2 Å². The van der Waals surface area contributed by atoms with Crippen molar-refractivity contribution in [2.24, 2.45) is 10.4 Å². The molecule has 0 aliphatic heterocycles. The molecule has 0 unspecified atom stereocenters. The lowest BCUT2D eigenvalue weighted by atomic mass is 10.0. The van der Waals surface area contributed by atoms with Crippen molar-refractivity contribution in [2.75, 3.05) is 5.75 Å². The first kappa shape index (κ1) is 12.3. The van der Waals surface area contributed by atoms with Crippen molar-refractivity contribution in [3.8, 4) is 0 Å². The number of nitrogens with zero attached hydrogens (tertiary/aromatic N) is 1. The predicted molar refractivity (Wildman–Crippen MR) is 70.6 cm³/mol. The van der Waals surface area contributed by atoms with E-state index in [4.69, 9.17) is 0 Å². The highest BCUT2D eigenvalue weighted by Gasteiger charge is 2.12. The number of aryl methyl sites for hydroxylation is 1. The molecule has 0 N–H and O–H groups in total. The summed E-state index contributed by atoms with van der Waals surface area (Å²) in [5.74, 6) is 1.10. The Morgan fingerprint density at radius 1 is 1.33 bits per heavy atom. The molecule has 2 heteroatoms. The Labute approximate surface area is 97.0 Å². The first-order chi connectivity index (χ1) is 6.94. The van der Waals surface area contributed by atoms with Crippen LogP contribution in [-0.2, 0) is 0 Å². The average Bonchev–Trinajstić information content (AvgIpc) is 2.13. The van der Waals surface area contributed by atoms with Crippen LogP contribution in [0.2, 0.25) is 0 Å². The molecular weight excluding hydrogens is 202 g/mol. The number of benzene rings is 1. The largest absolute Gasteiger partial charge is 0.263 e. The fraction of sp³-hybridized carbons (Fsp3) is 0.462. The second-order valence-electron chi connectivity index (χ2n) is 4.93. The zero-order valence-electron chi connectivity index (χ0n) is 10.0. The maximum atomic E-state index is 4.10. The molecular formula is C13H19NS. The Bertz CT molecular complexity index is 350. The fourth-order valence-electron chi connectivity index (χ4n) is 1.25. The van der Waals surface area contributed by atoms with E-state index in [-0.39, 0.29) is 0 Å². The second kappa shape index (κ2) is 4.84. The summed E-state index contributed by atoms with van der Waals surface area (Å²) in [5.41, 5.74) is 2.57. The van der Waals surface area contributed by atoms with E-state index >= 15 is 0 Å². The molecule has 0 amide bonds. The zero-order valence-corrected chi connectivity index (χ0v) is 10.8. The van der Waals surface area contributed by atoms with Crippen LogP contribution in [0.25, 0.3) is 0 Å². The summed E-state index contributed by atoms with van der Waals surface area (Å²) in [4.78, 5) is 5.34. The number of aliphatic imine (C=N–C) groups is 1. The van der Waals surface area contributed by atoms with Crippen molar-refractivity contribution in [3.63, 3.8) is 0 Å². The smallest absolute Gasteiger partial charge is 0.0787 e. The van der Waals surface area contributed by atoms with Crippen molar-refractivity contribution in [1.29, 1.82) is 0 Å². The van der Waals surface area contributed by atoms with E-state index in [2.05, 4.69) is 57.6 Å². The molecule has 15 heavy (non-hydrogen) atoms. The fourth-order valence-corrected chi connectivity index (χ4v) is 2.37. The molecule has 0 atom stereocenters. The van der Waals surface area contributed by atoms with Gasteiger partial charge in [-0.25, -0.2) is 0 Å². The molecule has 0 saturated heterocycles. The van der Waals surface area contributed by atoms with Gasteiger partial charge in [0, 0.05) is 10.6 Å². The molecule has 0 aromatic heterocycles. The summed E-state index contributed by atoms with van der Waals surface area (Å²) in [6.07, 6.45) is 0. The molecule has 0 bridgehead atoms. The van der Waals surface area contributed by atoms with Crippen LogP contribution in [-0.4, -0.2) is 12.5 Å². The summed E-state index contributed by atoms with van der Waals surface area (Å²) in [7, 11) is 0. The van der Waals surface area contributed by atoms with Crippen LogP contribution in [0, 0.1) is 12.3 Å². The first-order valence-electron chi connectivity index (χ1n) is 5.13. The minimum Gasteiger partial charge on any atom is -0.263 e. The quantitative estimate of drug-likeness (QED) is 0.542. The molecule has 0 saturated carbocycles. The van der Waals surface area contributed by atoms with Gasteiger partial charge in [-0.15, -0.1) is 11.8 Å². The summed E-state index contributed by atoms with van der Waals surface area (Å²) in [6, 6.07) is 6.27. The number of thioether (sulfide) groups is 1. The number of para-hydroxylation sites is 1. The molecule has 0 aliphatic carbocycles. The summed E-state index contributed by atoms with van der Waals surface area (Å²) in [6.45, 7) is 12.4. The van der Waals surface area contributed by atoms with Gasteiger partial charge in [0.25, 0.3) is 0 Å². The van der Waals surface area contributed by atoms with Gasteiger partial charge in [-0.3, -0.25) is 4.99 Å². The van der Waals surface area contributed by atoms with Crippen molar-refractivity contribution in [1.82, 2.24) is 0 Å². The first-order valence-corrected chi connectivity index (χ1v) is 6.12. The van der Waals surface area contributed by atoms with E-state index in [0.717, 1.165) is 11.4 Å². The third-order valence-electron chi connectivity index (χ3n) is 2.02. The lowest BCUT2D eigenvalue weighted by molar-refractivity contribution is 0.481. The van der Waals surface area contributed by atoms with Crippen molar-refractivity contribution < 1.29 is 0 Å². The SMILES string of the molecule is C=Nc1c(C)cccc1SCC(C)(C)C. The minimum absolute atomic E-state index is 0.340. The van der Waals surface area contributed by atoms with Crippen molar-refractivity contribution in [2.45, 2.75) is 32.6 Å². The number of rotatable bonds is 3. The van der Waals surface area contributed by atoms with Gasteiger partial charge in [-0.05, 0) is 30.7 Å². The number of hydrogen-bond acceptors (Lipinski definition) is 2. The maximum Gasteiger partial charge on any atom is 0.0787 e.